The average molecular weight is 481 g/mol. The number of anilines is 1. The minimum Gasteiger partial charge on any atom is -0.335 e. The van der Waals surface area contributed by atoms with Crippen molar-refractivity contribution >= 4 is 51.5 Å². The molecule has 1 saturated carbocycles. The van der Waals surface area contributed by atoms with Crippen LogP contribution < -0.4 is 5.32 Å². The van der Waals surface area contributed by atoms with Crippen LogP contribution in [0.3, 0.4) is 0 Å². The summed E-state index contributed by atoms with van der Waals surface area (Å²) in [5, 5.41) is 5.30. The highest BCUT2D eigenvalue weighted by Gasteiger charge is 2.36. The Morgan fingerprint density at radius 2 is 1.55 bits per heavy atom. The molecule has 33 heavy (non-hydrogen) atoms. The van der Waals surface area contributed by atoms with Gasteiger partial charge in [0.15, 0.2) is 0 Å². The molecule has 0 bridgehead atoms. The maximum Gasteiger partial charge on any atom is 0.256 e. The van der Waals surface area contributed by atoms with Gasteiger partial charge in [0.2, 0.25) is 0 Å². The van der Waals surface area contributed by atoms with Crippen LogP contribution in [0.4, 0.5) is 5.69 Å². The van der Waals surface area contributed by atoms with Crippen molar-refractivity contribution in [3.8, 4) is 0 Å². The monoisotopic (exact) mass is 480 g/mol. The van der Waals surface area contributed by atoms with E-state index in [9.17, 15) is 9.59 Å². The van der Waals surface area contributed by atoms with E-state index in [0.29, 0.717) is 38.8 Å². The van der Waals surface area contributed by atoms with E-state index in [1.54, 1.807) is 30.3 Å². The van der Waals surface area contributed by atoms with Gasteiger partial charge in [-0.1, -0.05) is 60.3 Å². The Balaban J connectivity index is 1.48. The maximum absolute atomic E-state index is 13.7. The average Bonchev–Trinajstić information content (AvgIpc) is 2.84. The number of hydrogen-bond acceptors (Lipinski definition) is 2. The number of carbonyl (C=O) groups is 2. The molecule has 2 atom stereocenters. The summed E-state index contributed by atoms with van der Waals surface area (Å²) in [7, 11) is 0. The van der Waals surface area contributed by atoms with Crippen LogP contribution in [-0.4, -0.2) is 29.3 Å². The molecule has 3 aromatic rings. The first-order chi connectivity index (χ1) is 16.0. The lowest BCUT2D eigenvalue weighted by Gasteiger charge is -2.44. The summed E-state index contributed by atoms with van der Waals surface area (Å²) in [5.74, 6) is 0.423. The Morgan fingerprint density at radius 1 is 0.848 bits per heavy atom. The third-order valence-electron chi connectivity index (χ3n) is 7.08. The Labute approximate surface area is 203 Å². The number of fused-ring (bicyclic) bond motifs is 2. The molecule has 4 nitrogen and oxygen atoms in total. The van der Waals surface area contributed by atoms with E-state index in [4.69, 9.17) is 23.2 Å². The summed E-state index contributed by atoms with van der Waals surface area (Å²) >= 11 is 12.2. The second-order valence-electron chi connectivity index (χ2n) is 9.04. The van der Waals surface area contributed by atoms with E-state index in [1.165, 1.54) is 25.7 Å². The van der Waals surface area contributed by atoms with Gasteiger partial charge in [-0.3, -0.25) is 9.59 Å². The molecule has 6 heteroatoms. The van der Waals surface area contributed by atoms with Gasteiger partial charge in [0.25, 0.3) is 11.8 Å². The summed E-state index contributed by atoms with van der Waals surface area (Å²) in [5.41, 5.74) is 1.66. The van der Waals surface area contributed by atoms with E-state index >= 15 is 0 Å². The van der Waals surface area contributed by atoms with Crippen LogP contribution in [0.5, 0.6) is 0 Å². The van der Waals surface area contributed by atoms with Gasteiger partial charge in [-0.2, -0.15) is 0 Å². The molecular formula is C27H26Cl2N2O2. The quantitative estimate of drug-likeness (QED) is 0.430. The number of benzene rings is 3. The molecule has 3 aromatic carbocycles. The van der Waals surface area contributed by atoms with Crippen LogP contribution in [0.25, 0.3) is 10.8 Å². The SMILES string of the molecule is O=C(Nc1ccc(Cl)cc1Cl)c1ccc(C(=O)N2CCC[C@@H]3CCCC[C@@H]32)c2ccccc12. The molecule has 170 valence electrons. The van der Waals surface area contributed by atoms with Gasteiger partial charge in [0.1, 0.15) is 0 Å². The van der Waals surface area contributed by atoms with Gasteiger partial charge in [-0.15, -0.1) is 0 Å². The fourth-order valence-corrected chi connectivity index (χ4v) is 5.95. The smallest absolute Gasteiger partial charge is 0.256 e. The molecule has 0 unspecified atom stereocenters. The van der Waals surface area contributed by atoms with Gasteiger partial charge < -0.3 is 10.2 Å². The number of rotatable bonds is 3. The van der Waals surface area contributed by atoms with Crippen molar-refractivity contribution in [2.24, 2.45) is 5.92 Å². The third-order valence-corrected chi connectivity index (χ3v) is 7.63. The molecule has 2 fully saturated rings. The molecule has 1 saturated heterocycles. The van der Waals surface area contributed by atoms with Crippen molar-refractivity contribution in [1.82, 2.24) is 4.90 Å². The van der Waals surface area contributed by atoms with Crippen LogP contribution >= 0.6 is 23.2 Å². The summed E-state index contributed by atoms with van der Waals surface area (Å²) in [6.45, 7) is 0.811. The first-order valence-electron chi connectivity index (χ1n) is 11.6. The molecule has 1 heterocycles. The lowest BCUT2D eigenvalue weighted by atomic mass is 9.78. The number of halogens is 2. The number of piperidine rings is 1. The van der Waals surface area contributed by atoms with Crippen molar-refractivity contribution in [2.45, 2.75) is 44.6 Å². The Bertz CT molecular complexity index is 1220. The zero-order valence-corrected chi connectivity index (χ0v) is 19.8. The normalized spacial score (nSPS) is 20.4. The number of hydrogen-bond donors (Lipinski definition) is 1. The van der Waals surface area contributed by atoms with Crippen LogP contribution in [0.15, 0.2) is 54.6 Å². The van der Waals surface area contributed by atoms with E-state index in [2.05, 4.69) is 10.2 Å². The van der Waals surface area contributed by atoms with Crippen LogP contribution in [0.1, 0.15) is 59.2 Å². The second kappa shape index (κ2) is 9.36. The molecule has 2 aliphatic rings. The lowest BCUT2D eigenvalue weighted by molar-refractivity contribution is 0.0392. The van der Waals surface area contributed by atoms with E-state index in [-0.39, 0.29) is 11.8 Å². The zero-order chi connectivity index (χ0) is 22.9. The van der Waals surface area contributed by atoms with Crippen molar-refractivity contribution in [1.29, 1.82) is 0 Å². The summed E-state index contributed by atoms with van der Waals surface area (Å²) < 4.78 is 0. The van der Waals surface area contributed by atoms with Crippen LogP contribution in [0, 0.1) is 5.92 Å². The first kappa shape index (κ1) is 22.2. The number of likely N-dealkylation sites (tertiary alicyclic amines) is 1. The maximum atomic E-state index is 13.7. The molecule has 1 N–H and O–H groups in total. The fraction of sp³-hybridized carbons (Fsp3) is 0.333. The van der Waals surface area contributed by atoms with Gasteiger partial charge in [0, 0.05) is 28.7 Å². The highest BCUT2D eigenvalue weighted by atomic mass is 35.5. The molecule has 0 radical (unpaired) electrons. The predicted octanol–water partition coefficient (Wildman–Crippen LogP) is 7.19. The standard InChI is InChI=1S/C27H26Cl2N2O2/c28-18-11-14-24(23(29)16-18)30-26(32)21-12-13-22(20-9-3-2-8-19(20)21)27(33)31-15-5-7-17-6-1-4-10-25(17)31/h2-3,8-9,11-14,16-17,25H,1,4-7,10,15H2,(H,30,32)/t17-,25-/m0/s1. The molecule has 1 aliphatic carbocycles. The Morgan fingerprint density at radius 3 is 2.33 bits per heavy atom. The summed E-state index contributed by atoms with van der Waals surface area (Å²) in [6, 6.07) is 16.5. The Hall–Kier alpha value is -2.56. The lowest BCUT2D eigenvalue weighted by Crippen LogP contribution is -2.49. The molecule has 5 rings (SSSR count). The van der Waals surface area contributed by atoms with Gasteiger partial charge in [0.05, 0.1) is 10.7 Å². The zero-order valence-electron chi connectivity index (χ0n) is 18.3. The molecule has 1 aliphatic heterocycles. The topological polar surface area (TPSA) is 49.4 Å². The molecule has 0 spiro atoms. The second-order valence-corrected chi connectivity index (χ2v) is 9.88. The summed E-state index contributed by atoms with van der Waals surface area (Å²) in [4.78, 5) is 29.0. The number of carbonyl (C=O) groups excluding carboxylic acids is 2. The molecular weight excluding hydrogens is 455 g/mol. The molecule has 0 aromatic heterocycles. The number of nitrogens with one attached hydrogen (secondary N) is 1. The van der Waals surface area contributed by atoms with Crippen molar-refractivity contribution in [3.63, 3.8) is 0 Å². The largest absolute Gasteiger partial charge is 0.335 e. The highest BCUT2D eigenvalue weighted by Crippen LogP contribution is 2.37. The van der Waals surface area contributed by atoms with Crippen molar-refractivity contribution in [3.05, 3.63) is 75.8 Å². The third kappa shape index (κ3) is 4.34. The Kier molecular flexibility index (Phi) is 6.31. The van der Waals surface area contributed by atoms with Crippen molar-refractivity contribution in [2.75, 3.05) is 11.9 Å². The summed E-state index contributed by atoms with van der Waals surface area (Å²) in [6.07, 6.45) is 7.07. The predicted molar refractivity (Wildman–Crippen MR) is 134 cm³/mol. The highest BCUT2D eigenvalue weighted by molar-refractivity contribution is 6.37. The number of amides is 2. The van der Waals surface area contributed by atoms with Gasteiger partial charge >= 0.3 is 0 Å². The fourth-order valence-electron chi connectivity index (χ4n) is 5.50. The van der Waals surface area contributed by atoms with Gasteiger partial charge in [-0.05, 0) is 72.7 Å². The minimum absolute atomic E-state index is 0.0792. The molecule has 2 amide bonds. The van der Waals surface area contributed by atoms with Crippen molar-refractivity contribution < 1.29 is 9.59 Å². The first-order valence-corrected chi connectivity index (χ1v) is 12.4. The van der Waals surface area contributed by atoms with Gasteiger partial charge in [-0.25, -0.2) is 0 Å². The van der Waals surface area contributed by atoms with E-state index in [1.807, 2.05) is 24.3 Å². The minimum atomic E-state index is -0.278. The van der Waals surface area contributed by atoms with E-state index < -0.39 is 0 Å². The van der Waals surface area contributed by atoms with E-state index in [0.717, 1.165) is 30.2 Å². The van der Waals surface area contributed by atoms with Crippen LogP contribution in [0.2, 0.25) is 10.0 Å². The number of nitrogens with zero attached hydrogens (tertiary/aromatic N) is 1. The van der Waals surface area contributed by atoms with Crippen LogP contribution in [-0.2, 0) is 0 Å².